The van der Waals surface area contributed by atoms with Crippen molar-refractivity contribution in [1.29, 1.82) is 5.26 Å². The van der Waals surface area contributed by atoms with Crippen molar-refractivity contribution in [2.75, 3.05) is 26.1 Å². The Morgan fingerprint density at radius 1 is 1.19 bits per heavy atom. The predicted molar refractivity (Wildman–Crippen MR) is 104 cm³/mol. The normalized spacial score (nSPS) is 10.7. The zero-order valence-electron chi connectivity index (χ0n) is 15.8. The van der Waals surface area contributed by atoms with Crippen LogP contribution in [0.1, 0.15) is 18.1 Å². The van der Waals surface area contributed by atoms with E-state index < -0.39 is 5.91 Å². The van der Waals surface area contributed by atoms with Gasteiger partial charge in [-0.1, -0.05) is 6.07 Å². The number of aryl methyl sites for hydroxylation is 1. The molecule has 27 heavy (non-hydrogen) atoms. The van der Waals surface area contributed by atoms with E-state index in [2.05, 4.69) is 5.32 Å². The summed E-state index contributed by atoms with van der Waals surface area (Å²) >= 11 is 0. The number of nitriles is 1. The molecule has 6 nitrogen and oxygen atoms in total. The quantitative estimate of drug-likeness (QED) is 0.593. The number of rotatable bonds is 7. The van der Waals surface area contributed by atoms with Gasteiger partial charge in [0.05, 0.1) is 20.8 Å². The summed E-state index contributed by atoms with van der Waals surface area (Å²) in [7, 11) is 3.08. The molecule has 0 radical (unpaired) electrons. The minimum Gasteiger partial charge on any atom is -0.494 e. The van der Waals surface area contributed by atoms with Gasteiger partial charge in [0.2, 0.25) is 0 Å². The lowest BCUT2D eigenvalue weighted by Gasteiger charge is -2.11. The Balaban J connectivity index is 2.29. The van der Waals surface area contributed by atoms with E-state index in [1.807, 2.05) is 19.9 Å². The molecule has 0 spiro atoms. The minimum atomic E-state index is -0.500. The average molecular weight is 366 g/mol. The molecule has 0 aliphatic rings. The fraction of sp³-hybridized carbons (Fsp3) is 0.238. The molecule has 2 aromatic carbocycles. The maximum atomic E-state index is 12.5. The summed E-state index contributed by atoms with van der Waals surface area (Å²) in [6, 6.07) is 12.5. The van der Waals surface area contributed by atoms with Crippen molar-refractivity contribution in [2.24, 2.45) is 0 Å². The lowest BCUT2D eigenvalue weighted by molar-refractivity contribution is -0.112. The van der Waals surface area contributed by atoms with Gasteiger partial charge in [-0.3, -0.25) is 4.79 Å². The second kappa shape index (κ2) is 9.30. The van der Waals surface area contributed by atoms with E-state index in [4.69, 9.17) is 14.2 Å². The van der Waals surface area contributed by atoms with E-state index in [1.54, 1.807) is 43.5 Å². The zero-order chi connectivity index (χ0) is 19.8. The summed E-state index contributed by atoms with van der Waals surface area (Å²) in [4.78, 5) is 12.5. The first-order valence-corrected chi connectivity index (χ1v) is 8.41. The highest BCUT2D eigenvalue weighted by molar-refractivity contribution is 6.09. The Morgan fingerprint density at radius 3 is 2.52 bits per heavy atom. The van der Waals surface area contributed by atoms with Gasteiger partial charge in [-0.15, -0.1) is 0 Å². The number of anilines is 1. The second-order valence-corrected chi connectivity index (χ2v) is 5.65. The third-order valence-corrected chi connectivity index (χ3v) is 3.84. The van der Waals surface area contributed by atoms with Gasteiger partial charge in [0.15, 0.2) is 11.5 Å². The molecule has 0 aliphatic heterocycles. The first-order chi connectivity index (χ1) is 13.0. The number of ether oxygens (including phenoxy) is 3. The molecule has 0 saturated heterocycles. The van der Waals surface area contributed by atoms with Crippen LogP contribution in [0.25, 0.3) is 6.08 Å². The third-order valence-electron chi connectivity index (χ3n) is 3.84. The highest BCUT2D eigenvalue weighted by atomic mass is 16.5. The van der Waals surface area contributed by atoms with E-state index >= 15 is 0 Å². The van der Waals surface area contributed by atoms with Crippen LogP contribution in [0.5, 0.6) is 17.2 Å². The van der Waals surface area contributed by atoms with E-state index in [0.717, 1.165) is 5.56 Å². The number of carbonyl (C=O) groups is 1. The fourth-order valence-electron chi connectivity index (χ4n) is 2.48. The van der Waals surface area contributed by atoms with E-state index in [9.17, 15) is 10.1 Å². The summed E-state index contributed by atoms with van der Waals surface area (Å²) in [5.41, 5.74) is 2.08. The Hall–Kier alpha value is -3.46. The van der Waals surface area contributed by atoms with Crippen molar-refractivity contribution < 1.29 is 19.0 Å². The molecule has 0 aliphatic carbocycles. The highest BCUT2D eigenvalue weighted by Crippen LogP contribution is 2.31. The number of carbonyl (C=O) groups excluding carboxylic acids is 1. The minimum absolute atomic E-state index is 0.0212. The van der Waals surface area contributed by atoms with Gasteiger partial charge in [0.1, 0.15) is 17.4 Å². The zero-order valence-corrected chi connectivity index (χ0v) is 15.8. The maximum Gasteiger partial charge on any atom is 0.266 e. The molecule has 0 heterocycles. The number of amides is 1. The molecular weight excluding hydrogens is 344 g/mol. The van der Waals surface area contributed by atoms with Crippen LogP contribution in [0.15, 0.2) is 42.0 Å². The van der Waals surface area contributed by atoms with Gasteiger partial charge in [-0.25, -0.2) is 0 Å². The molecule has 2 aromatic rings. The first-order valence-electron chi connectivity index (χ1n) is 8.41. The second-order valence-electron chi connectivity index (χ2n) is 5.65. The third kappa shape index (κ3) is 5.02. The SMILES string of the molecule is CCOc1cccc(NC(=O)/C(C#N)=C\c2cc(OC)c(OC)cc2C)c1. The number of methoxy groups -OCH3 is 2. The van der Waals surface area contributed by atoms with Gasteiger partial charge in [0, 0.05) is 11.8 Å². The van der Waals surface area contributed by atoms with Crippen molar-refractivity contribution in [3.63, 3.8) is 0 Å². The molecule has 1 N–H and O–H groups in total. The molecule has 0 bridgehead atoms. The van der Waals surface area contributed by atoms with Crippen LogP contribution in [0.2, 0.25) is 0 Å². The van der Waals surface area contributed by atoms with Gasteiger partial charge < -0.3 is 19.5 Å². The van der Waals surface area contributed by atoms with Gasteiger partial charge >= 0.3 is 0 Å². The van der Waals surface area contributed by atoms with E-state index in [1.165, 1.54) is 13.2 Å². The van der Waals surface area contributed by atoms with Crippen LogP contribution in [-0.2, 0) is 4.79 Å². The van der Waals surface area contributed by atoms with Crippen molar-refractivity contribution in [2.45, 2.75) is 13.8 Å². The molecule has 1 amide bonds. The van der Waals surface area contributed by atoms with Crippen molar-refractivity contribution in [3.8, 4) is 23.3 Å². The first kappa shape index (κ1) is 19.9. The number of hydrogen-bond donors (Lipinski definition) is 1. The summed E-state index contributed by atoms with van der Waals surface area (Å²) in [5, 5.41) is 12.1. The molecule has 0 unspecified atom stereocenters. The smallest absolute Gasteiger partial charge is 0.266 e. The molecule has 0 aromatic heterocycles. The predicted octanol–water partition coefficient (Wildman–Crippen LogP) is 3.96. The highest BCUT2D eigenvalue weighted by Gasteiger charge is 2.13. The summed E-state index contributed by atoms with van der Waals surface area (Å²) < 4.78 is 16.0. The Bertz CT molecular complexity index is 898. The monoisotopic (exact) mass is 366 g/mol. The molecular formula is C21H22N2O4. The molecule has 2 rings (SSSR count). The molecule has 0 atom stereocenters. The van der Waals surface area contributed by atoms with Gasteiger partial charge in [0.25, 0.3) is 5.91 Å². The molecule has 140 valence electrons. The van der Waals surface area contributed by atoms with Crippen LogP contribution in [-0.4, -0.2) is 26.7 Å². The Morgan fingerprint density at radius 2 is 1.89 bits per heavy atom. The van der Waals surface area contributed by atoms with Gasteiger partial charge in [-0.2, -0.15) is 5.26 Å². The van der Waals surface area contributed by atoms with Gasteiger partial charge in [-0.05, 0) is 55.3 Å². The van der Waals surface area contributed by atoms with Crippen LogP contribution in [0.4, 0.5) is 5.69 Å². The largest absolute Gasteiger partial charge is 0.494 e. The van der Waals surface area contributed by atoms with Crippen LogP contribution in [0.3, 0.4) is 0 Å². The van der Waals surface area contributed by atoms with Crippen LogP contribution < -0.4 is 19.5 Å². The van der Waals surface area contributed by atoms with Crippen molar-refractivity contribution in [3.05, 3.63) is 53.1 Å². The fourth-order valence-corrected chi connectivity index (χ4v) is 2.48. The van der Waals surface area contributed by atoms with Crippen molar-refractivity contribution in [1.82, 2.24) is 0 Å². The summed E-state index contributed by atoms with van der Waals surface area (Å²) in [6.45, 7) is 4.28. The number of nitrogens with zero attached hydrogens (tertiary/aromatic N) is 1. The maximum absolute atomic E-state index is 12.5. The number of hydrogen-bond acceptors (Lipinski definition) is 5. The van der Waals surface area contributed by atoms with E-state index in [-0.39, 0.29) is 5.57 Å². The topological polar surface area (TPSA) is 80.6 Å². The lowest BCUT2D eigenvalue weighted by atomic mass is 10.0. The number of benzene rings is 2. The standard InChI is InChI=1S/C21H22N2O4/c1-5-27-18-8-6-7-17(12-18)23-21(24)16(13-22)10-15-11-20(26-4)19(25-3)9-14(15)2/h6-12H,5H2,1-4H3,(H,23,24)/b16-10-. The van der Waals surface area contributed by atoms with Crippen molar-refractivity contribution >= 4 is 17.7 Å². The van der Waals surface area contributed by atoms with Crippen LogP contribution in [0, 0.1) is 18.3 Å². The van der Waals surface area contributed by atoms with E-state index in [0.29, 0.717) is 35.1 Å². The average Bonchev–Trinajstić information content (AvgIpc) is 2.67. The number of nitrogens with one attached hydrogen (secondary N) is 1. The van der Waals surface area contributed by atoms with Crippen LogP contribution >= 0.6 is 0 Å². The Labute approximate surface area is 159 Å². The lowest BCUT2D eigenvalue weighted by Crippen LogP contribution is -2.13. The summed E-state index contributed by atoms with van der Waals surface area (Å²) in [5.74, 6) is 1.26. The molecule has 0 fully saturated rings. The molecule has 6 heteroatoms. The Kier molecular flexibility index (Phi) is 6.84. The summed E-state index contributed by atoms with van der Waals surface area (Å²) in [6.07, 6.45) is 1.53. The molecule has 0 saturated carbocycles.